The molecule has 154 valence electrons. The van der Waals surface area contributed by atoms with E-state index in [1.54, 1.807) is 54.6 Å². The molecule has 0 bridgehead atoms. The first-order valence-electron chi connectivity index (χ1n) is 9.92. The van der Waals surface area contributed by atoms with Gasteiger partial charge >= 0.3 is 0 Å². The third kappa shape index (κ3) is 4.46. The maximum atomic E-state index is 12.6. The molecule has 3 aromatic rings. The van der Waals surface area contributed by atoms with Gasteiger partial charge in [-0.1, -0.05) is 42.5 Å². The van der Waals surface area contributed by atoms with E-state index < -0.39 is 0 Å². The minimum atomic E-state index is -0.278. The lowest BCUT2D eigenvalue weighted by Crippen LogP contribution is -2.20. The van der Waals surface area contributed by atoms with Gasteiger partial charge in [0.1, 0.15) is 5.75 Å². The summed E-state index contributed by atoms with van der Waals surface area (Å²) in [6, 6.07) is 19.6. The summed E-state index contributed by atoms with van der Waals surface area (Å²) >= 11 is 0. The van der Waals surface area contributed by atoms with Gasteiger partial charge in [-0.25, -0.2) is 0 Å². The number of ketones is 2. The quantitative estimate of drug-likeness (QED) is 0.484. The van der Waals surface area contributed by atoms with Crippen molar-refractivity contribution < 1.29 is 19.1 Å². The highest BCUT2D eigenvalue weighted by atomic mass is 16.5. The highest BCUT2D eigenvalue weighted by Gasteiger charge is 2.32. The van der Waals surface area contributed by atoms with Gasteiger partial charge in [0.2, 0.25) is 0 Å². The molecule has 0 unspecified atom stereocenters. The fraction of sp³-hybridized carbons (Fsp3) is 0.115. The van der Waals surface area contributed by atoms with E-state index in [9.17, 15) is 14.4 Å². The van der Waals surface area contributed by atoms with Gasteiger partial charge in [-0.15, -0.1) is 0 Å². The molecule has 1 aliphatic carbocycles. The van der Waals surface area contributed by atoms with Gasteiger partial charge in [-0.2, -0.15) is 0 Å². The molecule has 3 aromatic carbocycles. The van der Waals surface area contributed by atoms with E-state index in [4.69, 9.17) is 4.74 Å². The number of benzene rings is 3. The first-order chi connectivity index (χ1) is 14.9. The number of nitrogens with one attached hydrogen (secondary N) is 1. The van der Waals surface area contributed by atoms with E-state index in [1.807, 2.05) is 32.0 Å². The van der Waals surface area contributed by atoms with Gasteiger partial charge in [0, 0.05) is 16.8 Å². The van der Waals surface area contributed by atoms with Crippen molar-refractivity contribution in [1.29, 1.82) is 0 Å². The summed E-state index contributed by atoms with van der Waals surface area (Å²) in [6.07, 6.45) is 1.56. The van der Waals surface area contributed by atoms with Crippen LogP contribution in [-0.2, 0) is 4.79 Å². The normalized spacial score (nSPS) is 12.5. The number of anilines is 1. The van der Waals surface area contributed by atoms with Gasteiger partial charge in [0.25, 0.3) is 5.91 Å². The van der Waals surface area contributed by atoms with Crippen LogP contribution in [0.4, 0.5) is 5.69 Å². The highest BCUT2D eigenvalue weighted by Crippen LogP contribution is 2.28. The van der Waals surface area contributed by atoms with E-state index in [-0.39, 0.29) is 29.7 Å². The number of Topliss-reactive ketones (excluding diaryl/α,β-unsaturated/α-hetero) is 2. The fourth-order valence-electron chi connectivity index (χ4n) is 3.66. The van der Waals surface area contributed by atoms with Gasteiger partial charge in [0.15, 0.2) is 18.2 Å². The van der Waals surface area contributed by atoms with Crippen LogP contribution in [-0.4, -0.2) is 24.1 Å². The summed E-state index contributed by atoms with van der Waals surface area (Å²) in [4.78, 5) is 37.4. The molecule has 0 spiro atoms. The van der Waals surface area contributed by atoms with Crippen LogP contribution in [0.3, 0.4) is 0 Å². The van der Waals surface area contributed by atoms with Crippen molar-refractivity contribution in [3.63, 3.8) is 0 Å². The maximum Gasteiger partial charge on any atom is 0.262 e. The SMILES string of the molecule is Cc1cc(C)cc(NC(=O)COc2cccc(C=C3C(=O)c4ccccc4C3=O)c2)c1. The molecule has 0 aliphatic heterocycles. The van der Waals surface area contributed by atoms with Crippen molar-refractivity contribution in [3.05, 3.63) is 100 Å². The zero-order valence-electron chi connectivity index (χ0n) is 17.3. The summed E-state index contributed by atoms with van der Waals surface area (Å²) in [5.41, 5.74) is 4.48. The van der Waals surface area contributed by atoms with Crippen molar-refractivity contribution >= 4 is 29.2 Å². The smallest absolute Gasteiger partial charge is 0.262 e. The molecule has 0 radical (unpaired) electrons. The topological polar surface area (TPSA) is 72.5 Å². The van der Waals surface area contributed by atoms with Gasteiger partial charge in [-0.05, 0) is 60.9 Å². The van der Waals surface area contributed by atoms with E-state index in [1.165, 1.54) is 0 Å². The number of ether oxygens (including phenoxy) is 1. The van der Waals surface area contributed by atoms with Crippen molar-refractivity contribution in [2.45, 2.75) is 13.8 Å². The minimum absolute atomic E-state index is 0.130. The summed E-state index contributed by atoms with van der Waals surface area (Å²) in [5.74, 6) is -0.356. The predicted octanol–water partition coefficient (Wildman–Crippen LogP) is 4.78. The number of carbonyl (C=O) groups excluding carboxylic acids is 3. The van der Waals surface area contributed by atoms with Crippen molar-refractivity contribution in [1.82, 2.24) is 0 Å². The van der Waals surface area contributed by atoms with Crippen molar-refractivity contribution in [3.8, 4) is 5.75 Å². The Kier molecular flexibility index (Phi) is 5.50. The zero-order valence-corrected chi connectivity index (χ0v) is 17.3. The molecule has 5 heteroatoms. The largest absolute Gasteiger partial charge is 0.484 e. The molecule has 0 saturated carbocycles. The average molecular weight is 411 g/mol. The number of allylic oxidation sites excluding steroid dienone is 1. The van der Waals surface area contributed by atoms with Crippen LogP contribution in [0.5, 0.6) is 5.75 Å². The molecule has 4 rings (SSSR count). The molecule has 0 aromatic heterocycles. The molecule has 0 heterocycles. The summed E-state index contributed by atoms with van der Waals surface area (Å²) in [7, 11) is 0. The fourth-order valence-corrected chi connectivity index (χ4v) is 3.66. The van der Waals surface area contributed by atoms with Crippen LogP contribution in [0.15, 0.2) is 72.3 Å². The lowest BCUT2D eigenvalue weighted by atomic mass is 10.1. The Morgan fingerprint density at radius 1 is 0.871 bits per heavy atom. The second kappa shape index (κ2) is 8.40. The number of carbonyl (C=O) groups is 3. The minimum Gasteiger partial charge on any atom is -0.484 e. The van der Waals surface area contributed by atoms with Gasteiger partial charge in [-0.3, -0.25) is 14.4 Å². The van der Waals surface area contributed by atoms with Crippen molar-refractivity contribution in [2.75, 3.05) is 11.9 Å². The van der Waals surface area contributed by atoms with Crippen LogP contribution >= 0.6 is 0 Å². The molecule has 1 amide bonds. The summed E-state index contributed by atoms with van der Waals surface area (Å²) in [6.45, 7) is 3.78. The Morgan fingerprint density at radius 3 is 2.16 bits per heavy atom. The Morgan fingerprint density at radius 2 is 1.52 bits per heavy atom. The highest BCUT2D eigenvalue weighted by molar-refractivity contribution is 6.41. The van der Waals surface area contributed by atoms with Crippen LogP contribution in [0.2, 0.25) is 0 Å². The van der Waals surface area contributed by atoms with E-state index in [2.05, 4.69) is 5.32 Å². The number of rotatable bonds is 5. The summed E-state index contributed by atoms with van der Waals surface area (Å²) < 4.78 is 5.61. The Hall–Kier alpha value is -3.99. The number of fused-ring (bicyclic) bond motifs is 1. The third-order valence-corrected chi connectivity index (χ3v) is 4.95. The summed E-state index contributed by atoms with van der Waals surface area (Å²) in [5, 5.41) is 2.82. The van der Waals surface area contributed by atoms with Gasteiger partial charge in [0.05, 0.1) is 5.57 Å². The van der Waals surface area contributed by atoms with Crippen LogP contribution < -0.4 is 10.1 Å². The Bertz CT molecular complexity index is 1180. The maximum absolute atomic E-state index is 12.6. The number of hydrogen-bond donors (Lipinski definition) is 1. The van der Waals surface area contributed by atoms with Crippen LogP contribution in [0.25, 0.3) is 6.08 Å². The molecule has 1 N–H and O–H groups in total. The second-order valence-corrected chi connectivity index (χ2v) is 7.55. The van der Waals surface area contributed by atoms with E-state index in [0.717, 1.165) is 16.8 Å². The van der Waals surface area contributed by atoms with E-state index >= 15 is 0 Å². The monoisotopic (exact) mass is 411 g/mol. The predicted molar refractivity (Wildman–Crippen MR) is 120 cm³/mol. The van der Waals surface area contributed by atoms with Crippen molar-refractivity contribution in [2.24, 2.45) is 0 Å². The third-order valence-electron chi connectivity index (χ3n) is 4.95. The molecule has 1 aliphatic rings. The molecular weight excluding hydrogens is 390 g/mol. The molecule has 31 heavy (non-hydrogen) atoms. The number of aryl methyl sites for hydroxylation is 2. The second-order valence-electron chi connectivity index (χ2n) is 7.55. The number of hydrogen-bond acceptors (Lipinski definition) is 4. The molecule has 0 fully saturated rings. The Labute approximate surface area is 180 Å². The van der Waals surface area contributed by atoms with Crippen LogP contribution in [0, 0.1) is 13.8 Å². The van der Waals surface area contributed by atoms with E-state index in [0.29, 0.717) is 22.4 Å². The lowest BCUT2D eigenvalue weighted by molar-refractivity contribution is -0.118. The standard InChI is InChI=1S/C26H21NO4/c1-16-10-17(2)12-19(11-16)27-24(28)15-31-20-7-5-6-18(13-20)14-23-25(29)21-8-3-4-9-22(21)26(23)30/h3-14H,15H2,1-2H3,(H,27,28). The van der Waals surface area contributed by atoms with Gasteiger partial charge < -0.3 is 10.1 Å². The zero-order chi connectivity index (χ0) is 22.0. The molecule has 5 nitrogen and oxygen atoms in total. The average Bonchev–Trinajstić information content (AvgIpc) is 2.97. The first-order valence-corrected chi connectivity index (χ1v) is 9.92. The van der Waals surface area contributed by atoms with Crippen LogP contribution in [0.1, 0.15) is 37.4 Å². The molecular formula is C26H21NO4. The Balaban J connectivity index is 1.44. The lowest BCUT2D eigenvalue weighted by Gasteiger charge is -2.09. The molecule has 0 atom stereocenters. The molecule has 0 saturated heterocycles. The first kappa shape index (κ1) is 20.3. The number of amides is 1.